The lowest BCUT2D eigenvalue weighted by Crippen LogP contribution is -2.28. The van der Waals surface area contributed by atoms with Crippen LogP contribution in [-0.4, -0.2) is 26.0 Å². The number of methoxy groups -OCH3 is 1. The quantitative estimate of drug-likeness (QED) is 0.669. The monoisotopic (exact) mass is 363 g/mol. The van der Waals surface area contributed by atoms with Crippen LogP contribution >= 0.6 is 0 Å². The van der Waals surface area contributed by atoms with E-state index in [4.69, 9.17) is 4.74 Å². The molecule has 2 aromatic rings. The maximum Gasteiger partial charge on any atom is 0.122 e. The van der Waals surface area contributed by atoms with Gasteiger partial charge in [-0.2, -0.15) is 0 Å². The Balaban J connectivity index is 1.64. The van der Waals surface area contributed by atoms with Gasteiger partial charge in [-0.25, -0.2) is 4.99 Å². The topological polar surface area (TPSA) is 36.9 Å². The molecular formula is C23H29N3O. The molecule has 0 bridgehead atoms. The van der Waals surface area contributed by atoms with Gasteiger partial charge in [-0.15, -0.1) is 0 Å². The second-order valence-electron chi connectivity index (χ2n) is 7.02. The highest BCUT2D eigenvalue weighted by Crippen LogP contribution is 2.31. The molecule has 4 nitrogen and oxygen atoms in total. The summed E-state index contributed by atoms with van der Waals surface area (Å²) < 4.78 is 5.22. The average molecular weight is 364 g/mol. The van der Waals surface area contributed by atoms with E-state index in [2.05, 4.69) is 70.3 Å². The molecule has 0 aliphatic carbocycles. The van der Waals surface area contributed by atoms with E-state index in [1.54, 1.807) is 7.11 Å². The maximum atomic E-state index is 5.22. The molecule has 1 unspecified atom stereocenters. The minimum absolute atomic E-state index is 0.167. The third-order valence-electron chi connectivity index (χ3n) is 4.89. The first-order valence-electron chi connectivity index (χ1n) is 9.59. The molecule has 0 amide bonds. The Morgan fingerprint density at radius 1 is 1.30 bits per heavy atom. The van der Waals surface area contributed by atoms with Crippen molar-refractivity contribution < 1.29 is 4.74 Å². The maximum absolute atomic E-state index is 5.22. The van der Waals surface area contributed by atoms with Crippen LogP contribution in [0.2, 0.25) is 0 Å². The minimum atomic E-state index is 0.167. The summed E-state index contributed by atoms with van der Waals surface area (Å²) in [6.07, 6.45) is 5.08. The molecule has 1 N–H and O–H groups in total. The highest BCUT2D eigenvalue weighted by molar-refractivity contribution is 5.65. The SMILES string of the molecule is C=C(N=CCC(C)OC)Nc1ccc2c(c1)CCCN2Cc1ccccc1. The second-order valence-corrected chi connectivity index (χ2v) is 7.02. The summed E-state index contributed by atoms with van der Waals surface area (Å²) in [5.74, 6) is 0.648. The smallest absolute Gasteiger partial charge is 0.122 e. The van der Waals surface area contributed by atoms with Crippen LogP contribution in [0.15, 0.2) is 65.9 Å². The van der Waals surface area contributed by atoms with Crippen molar-refractivity contribution in [1.82, 2.24) is 0 Å². The molecule has 142 valence electrons. The number of hydrogen-bond acceptors (Lipinski definition) is 4. The molecule has 0 spiro atoms. The van der Waals surface area contributed by atoms with Gasteiger partial charge in [0.25, 0.3) is 0 Å². The highest BCUT2D eigenvalue weighted by atomic mass is 16.5. The third kappa shape index (κ3) is 5.44. The Labute approximate surface area is 162 Å². The van der Waals surface area contributed by atoms with E-state index >= 15 is 0 Å². The summed E-state index contributed by atoms with van der Waals surface area (Å²) in [4.78, 5) is 6.84. The molecule has 3 rings (SSSR count). The predicted octanol–water partition coefficient (Wildman–Crippen LogP) is 5.02. The summed E-state index contributed by atoms with van der Waals surface area (Å²) in [5.41, 5.74) is 5.10. The van der Waals surface area contributed by atoms with Crippen LogP contribution in [-0.2, 0) is 17.7 Å². The van der Waals surface area contributed by atoms with E-state index in [0.717, 1.165) is 31.6 Å². The first kappa shape index (κ1) is 19.2. The van der Waals surface area contributed by atoms with E-state index in [1.165, 1.54) is 23.2 Å². The van der Waals surface area contributed by atoms with Crippen LogP contribution in [0.4, 0.5) is 11.4 Å². The largest absolute Gasteiger partial charge is 0.381 e. The Kier molecular flexibility index (Phi) is 6.66. The van der Waals surface area contributed by atoms with Gasteiger partial charge in [-0.05, 0) is 49.1 Å². The molecule has 4 heteroatoms. The van der Waals surface area contributed by atoms with Crippen molar-refractivity contribution in [2.24, 2.45) is 4.99 Å². The summed E-state index contributed by atoms with van der Waals surface area (Å²) in [6, 6.07) is 17.2. The predicted molar refractivity (Wildman–Crippen MR) is 115 cm³/mol. The zero-order chi connectivity index (χ0) is 19.1. The fourth-order valence-corrected chi connectivity index (χ4v) is 3.33. The number of ether oxygens (including phenoxy) is 1. The van der Waals surface area contributed by atoms with Crippen molar-refractivity contribution in [2.75, 3.05) is 23.9 Å². The number of aryl methyl sites for hydroxylation is 1. The normalized spacial score (nSPS) is 14.8. The van der Waals surface area contributed by atoms with E-state index in [0.29, 0.717) is 5.82 Å². The molecule has 1 aliphatic rings. The lowest BCUT2D eigenvalue weighted by Gasteiger charge is -2.32. The van der Waals surface area contributed by atoms with Crippen molar-refractivity contribution in [1.29, 1.82) is 0 Å². The fraction of sp³-hybridized carbons (Fsp3) is 0.348. The summed E-state index contributed by atoms with van der Waals surface area (Å²) in [7, 11) is 1.71. The van der Waals surface area contributed by atoms with Crippen LogP contribution < -0.4 is 10.2 Å². The zero-order valence-corrected chi connectivity index (χ0v) is 16.3. The Bertz CT molecular complexity index is 785. The number of nitrogens with one attached hydrogen (secondary N) is 1. The molecular weight excluding hydrogens is 334 g/mol. The van der Waals surface area contributed by atoms with Gasteiger partial charge in [0.05, 0.1) is 6.10 Å². The number of benzene rings is 2. The summed E-state index contributed by atoms with van der Waals surface area (Å²) >= 11 is 0. The standard InChI is InChI=1S/C23H29N3O/c1-18(27-3)13-14-24-19(2)25-22-11-12-23-21(16-22)10-7-15-26(23)17-20-8-5-4-6-9-20/h4-6,8-9,11-12,14,16,18,25H,2,7,10,13,15,17H2,1,3H3. The van der Waals surface area contributed by atoms with Crippen molar-refractivity contribution in [3.63, 3.8) is 0 Å². The van der Waals surface area contributed by atoms with E-state index in [-0.39, 0.29) is 6.10 Å². The van der Waals surface area contributed by atoms with E-state index in [9.17, 15) is 0 Å². The molecule has 0 saturated heterocycles. The highest BCUT2D eigenvalue weighted by Gasteiger charge is 2.17. The lowest BCUT2D eigenvalue weighted by atomic mass is 10.00. The summed E-state index contributed by atoms with van der Waals surface area (Å²) in [6.45, 7) is 8.07. The van der Waals surface area contributed by atoms with Crippen LogP contribution in [0.1, 0.15) is 30.9 Å². The third-order valence-corrected chi connectivity index (χ3v) is 4.89. The van der Waals surface area contributed by atoms with Gasteiger partial charge in [-0.3, -0.25) is 0 Å². The number of aliphatic imine (C=N–C) groups is 1. The molecule has 0 saturated carbocycles. The second kappa shape index (κ2) is 9.38. The van der Waals surface area contributed by atoms with E-state index in [1.807, 2.05) is 13.1 Å². The van der Waals surface area contributed by atoms with Gasteiger partial charge < -0.3 is 15.0 Å². The van der Waals surface area contributed by atoms with Gasteiger partial charge in [0, 0.05) is 44.2 Å². The van der Waals surface area contributed by atoms with Crippen molar-refractivity contribution in [2.45, 2.75) is 38.8 Å². The van der Waals surface area contributed by atoms with Gasteiger partial charge in [0.1, 0.15) is 5.82 Å². The van der Waals surface area contributed by atoms with Crippen LogP contribution in [0.3, 0.4) is 0 Å². The molecule has 1 aliphatic heterocycles. The number of hydrogen-bond donors (Lipinski definition) is 1. The Morgan fingerprint density at radius 2 is 2.11 bits per heavy atom. The molecule has 0 radical (unpaired) electrons. The van der Waals surface area contributed by atoms with Crippen LogP contribution in [0, 0.1) is 0 Å². The number of fused-ring (bicyclic) bond motifs is 1. The van der Waals surface area contributed by atoms with Crippen LogP contribution in [0.5, 0.6) is 0 Å². The molecule has 0 aromatic heterocycles. The summed E-state index contributed by atoms with van der Waals surface area (Å²) in [5, 5.41) is 3.30. The molecule has 27 heavy (non-hydrogen) atoms. The van der Waals surface area contributed by atoms with Crippen molar-refractivity contribution >= 4 is 17.6 Å². The van der Waals surface area contributed by atoms with Crippen molar-refractivity contribution in [3.8, 4) is 0 Å². The Morgan fingerprint density at radius 3 is 2.89 bits per heavy atom. The van der Waals surface area contributed by atoms with Gasteiger partial charge in [-0.1, -0.05) is 36.9 Å². The van der Waals surface area contributed by atoms with Gasteiger partial charge in [0.15, 0.2) is 0 Å². The average Bonchev–Trinajstić information content (AvgIpc) is 2.68. The van der Waals surface area contributed by atoms with Gasteiger partial charge in [0.2, 0.25) is 0 Å². The zero-order valence-electron chi connectivity index (χ0n) is 16.3. The number of anilines is 2. The molecule has 1 atom stereocenters. The molecule has 1 heterocycles. The Hall–Kier alpha value is -2.59. The van der Waals surface area contributed by atoms with Crippen molar-refractivity contribution in [3.05, 3.63) is 72.1 Å². The lowest BCUT2D eigenvalue weighted by molar-refractivity contribution is 0.125. The molecule has 0 fully saturated rings. The number of rotatable bonds is 8. The molecule has 2 aromatic carbocycles. The first-order valence-corrected chi connectivity index (χ1v) is 9.59. The number of nitrogens with zero attached hydrogens (tertiary/aromatic N) is 2. The van der Waals surface area contributed by atoms with Crippen LogP contribution in [0.25, 0.3) is 0 Å². The fourth-order valence-electron chi connectivity index (χ4n) is 3.33. The van der Waals surface area contributed by atoms with Gasteiger partial charge >= 0.3 is 0 Å². The van der Waals surface area contributed by atoms with E-state index < -0.39 is 0 Å². The first-order chi connectivity index (χ1) is 13.2. The minimum Gasteiger partial charge on any atom is -0.381 e.